The van der Waals surface area contributed by atoms with E-state index in [0.29, 0.717) is 18.5 Å². The summed E-state index contributed by atoms with van der Waals surface area (Å²) in [5, 5.41) is 12.1. The molecule has 2 aromatic carbocycles. The van der Waals surface area contributed by atoms with Crippen LogP contribution < -0.4 is 11.1 Å². The highest BCUT2D eigenvalue weighted by Crippen LogP contribution is 2.20. The van der Waals surface area contributed by atoms with E-state index in [4.69, 9.17) is 14.6 Å². The van der Waals surface area contributed by atoms with Crippen molar-refractivity contribution >= 4 is 5.97 Å². The summed E-state index contributed by atoms with van der Waals surface area (Å²) in [6, 6.07) is 17.6. The van der Waals surface area contributed by atoms with Crippen molar-refractivity contribution in [2.24, 2.45) is 5.73 Å². The Morgan fingerprint density at radius 2 is 1.61 bits per heavy atom. The number of hydrogen-bond acceptors (Lipinski definition) is 6. The van der Waals surface area contributed by atoms with Gasteiger partial charge in [0.1, 0.15) is 12.5 Å². The van der Waals surface area contributed by atoms with Crippen LogP contribution in [0.1, 0.15) is 20.8 Å². The van der Waals surface area contributed by atoms with Crippen LogP contribution in [0.3, 0.4) is 0 Å². The van der Waals surface area contributed by atoms with Crippen molar-refractivity contribution in [3.05, 3.63) is 67.3 Å². The maximum atomic E-state index is 10.7. The Hall–Kier alpha value is -2.67. The van der Waals surface area contributed by atoms with Crippen LogP contribution in [0.5, 0.6) is 5.75 Å². The lowest BCUT2D eigenvalue weighted by Crippen LogP contribution is -2.29. The summed E-state index contributed by atoms with van der Waals surface area (Å²) in [5.74, 6) is -0.170. The van der Waals surface area contributed by atoms with Crippen LogP contribution >= 0.6 is 0 Å². The van der Waals surface area contributed by atoms with Gasteiger partial charge >= 0.3 is 5.97 Å². The molecule has 2 rings (SSSR count). The first-order valence-corrected chi connectivity index (χ1v) is 9.02. The van der Waals surface area contributed by atoms with E-state index in [1.54, 1.807) is 19.1 Å². The first kappa shape index (κ1) is 25.3. The van der Waals surface area contributed by atoms with Crippen LogP contribution in [0, 0.1) is 0 Å². The van der Waals surface area contributed by atoms with Crippen molar-refractivity contribution < 1.29 is 19.4 Å². The molecule has 0 amide bonds. The Labute approximate surface area is 168 Å². The number of esters is 1. The third-order valence-electron chi connectivity index (χ3n) is 3.23. The average molecular weight is 389 g/mol. The van der Waals surface area contributed by atoms with Crippen molar-refractivity contribution in [1.82, 2.24) is 5.32 Å². The molecule has 154 valence electrons. The monoisotopic (exact) mass is 388 g/mol. The van der Waals surface area contributed by atoms with Gasteiger partial charge in [-0.05, 0) is 51.1 Å². The lowest BCUT2D eigenvalue weighted by molar-refractivity contribution is -0.170. The maximum absolute atomic E-state index is 10.7. The van der Waals surface area contributed by atoms with Gasteiger partial charge in [-0.2, -0.15) is 0 Å². The minimum atomic E-state index is -0.545. The second kappa shape index (κ2) is 15.4. The van der Waals surface area contributed by atoms with Gasteiger partial charge in [0.25, 0.3) is 0 Å². The fourth-order valence-electron chi connectivity index (χ4n) is 1.86. The second-order valence-electron chi connectivity index (χ2n) is 5.79. The van der Waals surface area contributed by atoms with Crippen molar-refractivity contribution in [3.8, 4) is 16.9 Å². The van der Waals surface area contributed by atoms with Crippen LogP contribution in [0.15, 0.2) is 67.3 Å². The molecule has 28 heavy (non-hydrogen) atoms. The Morgan fingerprint density at radius 1 is 1.07 bits per heavy atom. The van der Waals surface area contributed by atoms with E-state index in [1.165, 1.54) is 12.6 Å². The molecule has 0 spiro atoms. The predicted octanol–water partition coefficient (Wildman–Crippen LogP) is 3.67. The zero-order valence-electron chi connectivity index (χ0n) is 17.1. The normalized spacial score (nSPS) is 10.6. The zero-order chi connectivity index (χ0) is 21.4. The molecule has 0 aliphatic heterocycles. The number of benzene rings is 2. The predicted molar refractivity (Wildman–Crippen MR) is 114 cm³/mol. The number of carbonyl (C=O) groups is 1. The van der Waals surface area contributed by atoms with Gasteiger partial charge in [-0.25, -0.2) is 4.79 Å². The summed E-state index contributed by atoms with van der Waals surface area (Å²) < 4.78 is 9.89. The highest BCUT2D eigenvalue weighted by molar-refractivity contribution is 5.81. The van der Waals surface area contributed by atoms with Crippen LogP contribution in [-0.2, 0) is 14.3 Å². The summed E-state index contributed by atoms with van der Waals surface area (Å²) in [4.78, 5) is 10.7. The lowest BCUT2D eigenvalue weighted by atomic mass is 10.1. The topological polar surface area (TPSA) is 93.8 Å². The molecule has 1 unspecified atom stereocenters. The Kier molecular flexibility index (Phi) is 13.9. The molecule has 0 saturated heterocycles. The van der Waals surface area contributed by atoms with Gasteiger partial charge in [0.05, 0.1) is 0 Å². The number of phenolic OH excluding ortho intramolecular Hbond substituents is 1. The largest absolute Gasteiger partial charge is 0.508 e. The van der Waals surface area contributed by atoms with Crippen molar-refractivity contribution in [2.75, 3.05) is 13.8 Å². The molecule has 0 aliphatic rings. The number of nitrogens with two attached hydrogens (primary N) is 1. The third-order valence-corrected chi connectivity index (χ3v) is 3.23. The lowest BCUT2D eigenvalue weighted by Gasteiger charge is -2.14. The van der Waals surface area contributed by atoms with E-state index in [2.05, 4.69) is 17.6 Å². The van der Waals surface area contributed by atoms with Crippen molar-refractivity contribution in [3.63, 3.8) is 0 Å². The molecule has 0 aliphatic carbocycles. The van der Waals surface area contributed by atoms with E-state index >= 15 is 0 Å². The quantitative estimate of drug-likeness (QED) is 0.381. The average Bonchev–Trinajstić information content (AvgIpc) is 2.71. The number of aromatic hydroxyl groups is 1. The summed E-state index contributed by atoms with van der Waals surface area (Å²) >= 11 is 0. The minimum Gasteiger partial charge on any atom is -0.508 e. The van der Waals surface area contributed by atoms with E-state index in [9.17, 15) is 4.79 Å². The molecule has 2 aromatic rings. The molecule has 0 radical (unpaired) electrons. The van der Waals surface area contributed by atoms with Gasteiger partial charge in [-0.1, -0.05) is 49.0 Å². The van der Waals surface area contributed by atoms with E-state index in [0.717, 1.165) is 11.6 Å². The highest BCUT2D eigenvalue weighted by Gasteiger charge is 2.05. The van der Waals surface area contributed by atoms with Crippen molar-refractivity contribution in [2.45, 2.75) is 33.1 Å². The number of nitrogens with one attached hydrogen (secondary N) is 1. The number of carbonyl (C=O) groups excluding carboxylic acids is 1. The number of hydrogen-bond donors (Lipinski definition) is 3. The van der Waals surface area contributed by atoms with Crippen molar-refractivity contribution in [1.29, 1.82) is 0 Å². The number of phenols is 1. The smallest absolute Gasteiger partial charge is 0.332 e. The third kappa shape index (κ3) is 11.9. The van der Waals surface area contributed by atoms with Gasteiger partial charge in [-0.15, -0.1) is 0 Å². The molecule has 0 aromatic heterocycles. The first-order chi connectivity index (χ1) is 13.4. The molecule has 0 fully saturated rings. The fraction of sp³-hybridized carbons (Fsp3) is 0.318. The molecule has 6 nitrogen and oxygen atoms in total. The Morgan fingerprint density at radius 3 is 2.11 bits per heavy atom. The van der Waals surface area contributed by atoms with Gasteiger partial charge in [0.2, 0.25) is 6.29 Å². The van der Waals surface area contributed by atoms with E-state index in [-0.39, 0.29) is 0 Å². The van der Waals surface area contributed by atoms with Crippen LogP contribution in [0.25, 0.3) is 11.1 Å². The van der Waals surface area contributed by atoms with E-state index < -0.39 is 12.3 Å². The van der Waals surface area contributed by atoms with Crippen LogP contribution in [0.4, 0.5) is 0 Å². The van der Waals surface area contributed by atoms with Crippen LogP contribution in [0.2, 0.25) is 0 Å². The zero-order valence-corrected chi connectivity index (χ0v) is 17.1. The summed E-state index contributed by atoms with van der Waals surface area (Å²) in [6.45, 7) is 9.30. The second-order valence-corrected chi connectivity index (χ2v) is 5.79. The summed E-state index contributed by atoms with van der Waals surface area (Å²) in [7, 11) is 1.50. The molecular formula is C22H32N2O4. The van der Waals surface area contributed by atoms with Gasteiger partial charge in [0, 0.05) is 12.1 Å². The molecule has 0 saturated carbocycles. The van der Waals surface area contributed by atoms with Crippen LogP contribution in [-0.4, -0.2) is 37.2 Å². The SMILES string of the molecule is C=CC(=O)OC(C)OCNC(C)C.CN.Oc1ccc(-c2ccccc2)cc1. The first-order valence-electron chi connectivity index (χ1n) is 9.02. The molecular weight excluding hydrogens is 356 g/mol. The molecule has 0 bridgehead atoms. The molecule has 1 atom stereocenters. The van der Waals surface area contributed by atoms with Gasteiger partial charge in [-0.3, -0.25) is 5.32 Å². The summed E-state index contributed by atoms with van der Waals surface area (Å²) in [6.07, 6.45) is 0.562. The maximum Gasteiger partial charge on any atom is 0.332 e. The highest BCUT2D eigenvalue weighted by atomic mass is 16.7. The Balaban J connectivity index is 0.000000478. The number of rotatable bonds is 7. The van der Waals surface area contributed by atoms with Gasteiger partial charge < -0.3 is 20.3 Å². The standard InChI is InChI=1S/C12H10O.C9H17NO3.CH5N/c13-12-8-6-11(7-9-12)10-4-2-1-3-5-10;1-5-9(11)13-8(4)12-6-10-7(2)3;1-2/h1-9,13H;5,7-8,10H,1,6H2,2-4H3;2H2,1H3. The molecule has 6 heteroatoms. The Bertz CT molecular complexity index is 658. The summed E-state index contributed by atoms with van der Waals surface area (Å²) in [5.41, 5.74) is 6.79. The van der Waals surface area contributed by atoms with E-state index in [1.807, 2.05) is 56.3 Å². The molecule has 0 heterocycles. The molecule has 4 N–H and O–H groups in total. The minimum absolute atomic E-state index is 0.305. The fourth-order valence-corrected chi connectivity index (χ4v) is 1.86. The van der Waals surface area contributed by atoms with Gasteiger partial charge in [0.15, 0.2) is 0 Å². The number of ether oxygens (including phenoxy) is 2.